The van der Waals surface area contributed by atoms with E-state index in [1.54, 1.807) is 13.8 Å². The summed E-state index contributed by atoms with van der Waals surface area (Å²) in [4.78, 5) is 11.9. The van der Waals surface area contributed by atoms with Crippen molar-refractivity contribution in [2.45, 2.75) is 26.4 Å². The first-order chi connectivity index (χ1) is 10.3. The van der Waals surface area contributed by atoms with Crippen molar-refractivity contribution in [3.8, 4) is 0 Å². The minimum atomic E-state index is -3.35. The molecule has 0 spiro atoms. The van der Waals surface area contributed by atoms with Crippen molar-refractivity contribution in [2.75, 3.05) is 28.5 Å². The summed E-state index contributed by atoms with van der Waals surface area (Å²) in [5.74, 6) is -1.03. The van der Waals surface area contributed by atoms with Gasteiger partial charge in [-0.15, -0.1) is 0 Å². The summed E-state index contributed by atoms with van der Waals surface area (Å²) in [5, 5.41) is 2.43. The maximum Gasteiger partial charge on any atom is 0.253 e. The molecule has 0 aliphatic carbocycles. The van der Waals surface area contributed by atoms with Crippen LogP contribution in [0.5, 0.6) is 0 Å². The monoisotopic (exact) mass is 330 g/mol. The summed E-state index contributed by atoms with van der Waals surface area (Å²) in [5.41, 5.74) is 0.286. The molecule has 1 saturated heterocycles. The number of benzene rings is 1. The average molecular weight is 330 g/mol. The van der Waals surface area contributed by atoms with E-state index in [-0.39, 0.29) is 11.4 Å². The van der Waals surface area contributed by atoms with E-state index < -0.39 is 27.9 Å². The van der Waals surface area contributed by atoms with Gasteiger partial charge in [0, 0.05) is 13.2 Å². The molecule has 1 N–H and O–H groups in total. The molecule has 1 unspecified atom stereocenters. The van der Waals surface area contributed by atoms with Crippen molar-refractivity contribution in [1.82, 2.24) is 0 Å². The third-order valence-corrected chi connectivity index (χ3v) is 5.25. The molecule has 2 rings (SSSR count). The number of hydrogen-bond donors (Lipinski definition) is 1. The minimum absolute atomic E-state index is 0.0591. The molecule has 0 bridgehead atoms. The van der Waals surface area contributed by atoms with Crippen LogP contribution < -0.4 is 9.62 Å². The Kier molecular flexibility index (Phi) is 5.02. The van der Waals surface area contributed by atoms with Crippen LogP contribution in [0, 0.1) is 5.82 Å². The summed E-state index contributed by atoms with van der Waals surface area (Å²) < 4.78 is 44.0. The van der Waals surface area contributed by atoms with Crippen molar-refractivity contribution in [3.05, 3.63) is 24.0 Å². The lowest BCUT2D eigenvalue weighted by atomic mass is 10.2. The van der Waals surface area contributed by atoms with Crippen molar-refractivity contribution >= 4 is 27.3 Å². The summed E-state index contributed by atoms with van der Waals surface area (Å²) in [6.07, 6.45) is -0.188. The number of hydrogen-bond acceptors (Lipinski definition) is 4. The molecule has 1 aromatic rings. The van der Waals surface area contributed by atoms with Crippen LogP contribution in [0.1, 0.15) is 20.3 Å². The molecule has 1 fully saturated rings. The highest BCUT2D eigenvalue weighted by molar-refractivity contribution is 7.93. The van der Waals surface area contributed by atoms with Crippen molar-refractivity contribution in [2.24, 2.45) is 0 Å². The van der Waals surface area contributed by atoms with Crippen LogP contribution in [0.2, 0.25) is 0 Å². The highest BCUT2D eigenvalue weighted by atomic mass is 32.2. The Morgan fingerprint density at radius 3 is 2.82 bits per heavy atom. The Morgan fingerprint density at radius 1 is 1.50 bits per heavy atom. The smallest absolute Gasteiger partial charge is 0.253 e. The van der Waals surface area contributed by atoms with E-state index in [9.17, 15) is 17.6 Å². The number of nitrogens with one attached hydrogen (secondary N) is 1. The Balaban J connectivity index is 2.22. The molecule has 22 heavy (non-hydrogen) atoms. The van der Waals surface area contributed by atoms with E-state index in [1.807, 2.05) is 0 Å². The molecule has 0 aromatic heterocycles. The topological polar surface area (TPSA) is 75.7 Å². The molecular formula is C14H19FN2O4S. The predicted molar refractivity (Wildman–Crippen MR) is 81.9 cm³/mol. The van der Waals surface area contributed by atoms with Gasteiger partial charge in [-0.05, 0) is 38.5 Å². The second kappa shape index (κ2) is 6.62. The fourth-order valence-electron chi connectivity index (χ4n) is 2.25. The second-order valence-corrected chi connectivity index (χ2v) is 7.01. The van der Waals surface area contributed by atoms with E-state index in [1.165, 1.54) is 16.4 Å². The van der Waals surface area contributed by atoms with E-state index >= 15 is 0 Å². The molecule has 1 aromatic carbocycles. The zero-order valence-corrected chi connectivity index (χ0v) is 13.3. The molecule has 0 saturated carbocycles. The Bertz CT molecular complexity index is 663. The van der Waals surface area contributed by atoms with E-state index in [4.69, 9.17) is 4.74 Å². The van der Waals surface area contributed by atoms with Crippen LogP contribution in [-0.2, 0) is 19.6 Å². The van der Waals surface area contributed by atoms with Gasteiger partial charge < -0.3 is 10.1 Å². The zero-order valence-electron chi connectivity index (χ0n) is 12.5. The number of amides is 1. The standard InChI is InChI=1S/C14H19FN2O4S/c1-3-21-10(2)14(18)16-13-9-11(5-6-12(13)15)17-7-4-8-22(17,19)20/h5-6,9-10H,3-4,7-8H2,1-2H3,(H,16,18). The number of rotatable bonds is 5. The van der Waals surface area contributed by atoms with E-state index in [0.29, 0.717) is 25.3 Å². The van der Waals surface area contributed by atoms with Gasteiger partial charge in [-0.25, -0.2) is 12.8 Å². The SMILES string of the molecule is CCOC(C)C(=O)Nc1cc(N2CCCS2(=O)=O)ccc1F. The van der Waals surface area contributed by atoms with Gasteiger partial charge in [0.25, 0.3) is 5.91 Å². The van der Waals surface area contributed by atoms with Crippen LogP contribution >= 0.6 is 0 Å². The Morgan fingerprint density at radius 2 is 2.23 bits per heavy atom. The van der Waals surface area contributed by atoms with Crippen LogP contribution in [0.4, 0.5) is 15.8 Å². The van der Waals surface area contributed by atoms with Gasteiger partial charge in [-0.1, -0.05) is 0 Å². The number of anilines is 2. The van der Waals surface area contributed by atoms with Gasteiger partial charge in [-0.2, -0.15) is 0 Å². The Labute approximate surface area is 129 Å². The van der Waals surface area contributed by atoms with E-state index in [2.05, 4.69) is 5.32 Å². The van der Waals surface area contributed by atoms with Gasteiger partial charge in [0.2, 0.25) is 10.0 Å². The van der Waals surface area contributed by atoms with Crippen LogP contribution in [0.3, 0.4) is 0 Å². The highest BCUT2D eigenvalue weighted by Crippen LogP contribution is 2.28. The average Bonchev–Trinajstić information content (AvgIpc) is 2.81. The van der Waals surface area contributed by atoms with Crippen molar-refractivity contribution < 1.29 is 22.3 Å². The minimum Gasteiger partial charge on any atom is -0.369 e. The maximum atomic E-state index is 13.8. The van der Waals surface area contributed by atoms with Crippen molar-refractivity contribution in [1.29, 1.82) is 0 Å². The first-order valence-electron chi connectivity index (χ1n) is 7.07. The maximum absolute atomic E-state index is 13.8. The van der Waals surface area contributed by atoms with Gasteiger partial charge in [-0.3, -0.25) is 9.10 Å². The first-order valence-corrected chi connectivity index (χ1v) is 8.68. The van der Waals surface area contributed by atoms with Crippen LogP contribution in [-0.4, -0.2) is 39.3 Å². The summed E-state index contributed by atoms with van der Waals surface area (Å²) in [6.45, 7) is 4.04. The van der Waals surface area contributed by atoms with Gasteiger partial charge in [0.05, 0.1) is 17.1 Å². The zero-order chi connectivity index (χ0) is 16.3. The molecule has 0 radical (unpaired) electrons. The number of nitrogens with zero attached hydrogens (tertiary/aromatic N) is 1. The van der Waals surface area contributed by atoms with Crippen LogP contribution in [0.25, 0.3) is 0 Å². The van der Waals surface area contributed by atoms with Gasteiger partial charge in [0.15, 0.2) is 0 Å². The molecule has 1 aliphatic heterocycles. The normalized spacial score (nSPS) is 18.2. The largest absolute Gasteiger partial charge is 0.369 e. The third kappa shape index (κ3) is 3.56. The highest BCUT2D eigenvalue weighted by Gasteiger charge is 2.29. The van der Waals surface area contributed by atoms with E-state index in [0.717, 1.165) is 6.07 Å². The van der Waals surface area contributed by atoms with Crippen LogP contribution in [0.15, 0.2) is 18.2 Å². The molecule has 122 valence electrons. The molecule has 1 amide bonds. The predicted octanol–water partition coefficient (Wildman–Crippen LogP) is 1.73. The van der Waals surface area contributed by atoms with Crippen molar-refractivity contribution in [3.63, 3.8) is 0 Å². The lowest BCUT2D eigenvalue weighted by Crippen LogP contribution is -2.28. The number of carbonyl (C=O) groups is 1. The molecular weight excluding hydrogens is 311 g/mol. The van der Waals surface area contributed by atoms with Gasteiger partial charge in [0.1, 0.15) is 11.9 Å². The molecule has 1 heterocycles. The first kappa shape index (κ1) is 16.7. The fourth-order valence-corrected chi connectivity index (χ4v) is 3.81. The summed E-state index contributed by atoms with van der Waals surface area (Å²) in [6, 6.07) is 3.86. The lowest BCUT2D eigenvalue weighted by molar-refractivity contribution is -0.126. The molecule has 1 aliphatic rings. The molecule has 6 nitrogen and oxygen atoms in total. The number of carbonyl (C=O) groups excluding carboxylic acids is 1. The third-order valence-electron chi connectivity index (χ3n) is 3.38. The molecule has 1 atom stereocenters. The fraction of sp³-hybridized carbons (Fsp3) is 0.500. The number of sulfonamides is 1. The second-order valence-electron chi connectivity index (χ2n) is 4.99. The molecule has 8 heteroatoms. The van der Waals surface area contributed by atoms with Gasteiger partial charge >= 0.3 is 0 Å². The lowest BCUT2D eigenvalue weighted by Gasteiger charge is -2.19. The Hall–Kier alpha value is -1.67. The number of halogens is 1. The summed E-state index contributed by atoms with van der Waals surface area (Å²) in [7, 11) is -3.35. The quantitative estimate of drug-likeness (QED) is 0.892. The summed E-state index contributed by atoms with van der Waals surface area (Å²) >= 11 is 0. The number of ether oxygens (including phenoxy) is 1.